The van der Waals surface area contributed by atoms with Gasteiger partial charge in [0.1, 0.15) is 5.82 Å². The van der Waals surface area contributed by atoms with E-state index in [0.717, 1.165) is 11.1 Å². The van der Waals surface area contributed by atoms with Gasteiger partial charge in [-0.25, -0.2) is 19.2 Å². The number of anilines is 2. The van der Waals surface area contributed by atoms with Crippen LogP contribution in [-0.2, 0) is 4.74 Å². The molecule has 0 spiro atoms. The molecule has 1 heterocycles. The van der Waals surface area contributed by atoms with E-state index in [2.05, 4.69) is 15.3 Å². The summed E-state index contributed by atoms with van der Waals surface area (Å²) in [6.07, 6.45) is -0.303. The zero-order valence-electron chi connectivity index (χ0n) is 15.4. The molecule has 0 radical (unpaired) electrons. The third kappa shape index (κ3) is 4.17. The topological polar surface area (TPSA) is 64.1 Å². The Morgan fingerprint density at radius 2 is 1.74 bits per heavy atom. The average molecular weight is 388 g/mol. The van der Waals surface area contributed by atoms with Crippen molar-refractivity contribution in [2.24, 2.45) is 0 Å². The minimum atomic E-state index is -0.590. The van der Waals surface area contributed by atoms with Crippen molar-refractivity contribution >= 4 is 40.1 Å². The second-order valence-electron chi connectivity index (χ2n) is 6.55. The van der Waals surface area contributed by atoms with Gasteiger partial charge >= 0.3 is 5.97 Å². The van der Waals surface area contributed by atoms with E-state index in [9.17, 15) is 9.18 Å². The maximum absolute atomic E-state index is 13.4. The van der Waals surface area contributed by atoms with Gasteiger partial charge in [0.05, 0.1) is 22.2 Å². The van der Waals surface area contributed by atoms with Gasteiger partial charge in [0.2, 0.25) is 0 Å². The van der Waals surface area contributed by atoms with Crippen LogP contribution in [0.4, 0.5) is 15.9 Å². The maximum atomic E-state index is 13.4. The van der Waals surface area contributed by atoms with E-state index in [1.54, 1.807) is 13.8 Å². The molecular formula is C20H19ClFN3O2. The Balaban J connectivity index is 2.13. The summed E-state index contributed by atoms with van der Waals surface area (Å²) in [4.78, 5) is 21.5. The third-order valence-electron chi connectivity index (χ3n) is 4.00. The fraction of sp³-hybridized carbons (Fsp3) is 0.250. The molecule has 140 valence electrons. The predicted molar refractivity (Wildman–Crippen MR) is 104 cm³/mol. The molecule has 7 heteroatoms. The number of nitrogens with one attached hydrogen (secondary N) is 1. The first-order chi connectivity index (χ1) is 12.7. The molecule has 0 saturated carbocycles. The number of nitrogens with zero attached hydrogens (tertiary/aromatic N) is 2. The Morgan fingerprint density at radius 1 is 1.11 bits per heavy atom. The highest BCUT2D eigenvalue weighted by atomic mass is 35.5. The van der Waals surface area contributed by atoms with Crippen LogP contribution in [0.2, 0.25) is 5.02 Å². The molecule has 1 aromatic heterocycles. The van der Waals surface area contributed by atoms with Gasteiger partial charge < -0.3 is 10.1 Å². The van der Waals surface area contributed by atoms with Gasteiger partial charge in [-0.2, -0.15) is 0 Å². The van der Waals surface area contributed by atoms with Gasteiger partial charge in [-0.3, -0.25) is 0 Å². The van der Waals surface area contributed by atoms with E-state index in [-0.39, 0.29) is 22.6 Å². The molecule has 0 fully saturated rings. The van der Waals surface area contributed by atoms with Crippen LogP contribution in [0.15, 0.2) is 30.3 Å². The number of rotatable bonds is 4. The van der Waals surface area contributed by atoms with Crippen LogP contribution in [0.5, 0.6) is 0 Å². The van der Waals surface area contributed by atoms with Gasteiger partial charge in [0.15, 0.2) is 11.5 Å². The lowest BCUT2D eigenvalue weighted by Gasteiger charge is -2.14. The fourth-order valence-electron chi connectivity index (χ4n) is 2.52. The Bertz CT molecular complexity index is 1040. The van der Waals surface area contributed by atoms with Crippen LogP contribution in [-0.4, -0.2) is 22.0 Å². The number of hydrogen-bond donors (Lipinski definition) is 1. The number of hydrogen-bond acceptors (Lipinski definition) is 5. The number of fused-ring (bicyclic) bond motifs is 1. The second-order valence-corrected chi connectivity index (χ2v) is 6.96. The highest BCUT2D eigenvalue weighted by Gasteiger charge is 2.20. The normalized spacial score (nSPS) is 11.1. The molecule has 1 N–H and O–H groups in total. The van der Waals surface area contributed by atoms with Crippen molar-refractivity contribution in [1.29, 1.82) is 0 Å². The molecule has 0 amide bonds. The lowest BCUT2D eigenvalue weighted by atomic mass is 10.1. The van der Waals surface area contributed by atoms with Crippen LogP contribution >= 0.6 is 11.6 Å². The van der Waals surface area contributed by atoms with Gasteiger partial charge in [-0.15, -0.1) is 0 Å². The van der Waals surface area contributed by atoms with Crippen molar-refractivity contribution in [3.05, 3.63) is 58.0 Å². The summed E-state index contributed by atoms with van der Waals surface area (Å²) >= 11 is 5.84. The number of benzene rings is 2. The predicted octanol–water partition coefficient (Wildman–Crippen LogP) is 5.35. The maximum Gasteiger partial charge on any atom is 0.361 e. The third-order valence-corrected chi connectivity index (χ3v) is 4.29. The van der Waals surface area contributed by atoms with E-state index >= 15 is 0 Å². The Labute approximate surface area is 161 Å². The van der Waals surface area contributed by atoms with Gasteiger partial charge in [0.25, 0.3) is 0 Å². The largest absolute Gasteiger partial charge is 0.458 e. The van der Waals surface area contributed by atoms with Crippen LogP contribution in [0.25, 0.3) is 11.0 Å². The number of carbonyl (C=O) groups is 1. The summed E-state index contributed by atoms with van der Waals surface area (Å²) in [5.74, 6) is -0.898. The quantitative estimate of drug-likeness (QED) is 0.611. The zero-order chi connectivity index (χ0) is 19.7. The number of aryl methyl sites for hydroxylation is 2. The second kappa shape index (κ2) is 7.48. The lowest BCUT2D eigenvalue weighted by Crippen LogP contribution is -2.16. The van der Waals surface area contributed by atoms with Crippen molar-refractivity contribution in [2.75, 3.05) is 5.32 Å². The Kier molecular flexibility index (Phi) is 5.28. The molecule has 5 nitrogen and oxygen atoms in total. The highest BCUT2D eigenvalue weighted by Crippen LogP contribution is 2.26. The number of halogens is 2. The standard InChI is InChI=1S/C20H19ClFN3O2/c1-10(2)27-20(26)18-19(23-13-5-6-15(22)14(21)9-13)25-17-8-12(4)11(3)7-16(17)24-18/h5-10H,1-4H3,(H,23,25). The van der Waals surface area contributed by atoms with E-state index in [4.69, 9.17) is 16.3 Å². The van der Waals surface area contributed by atoms with Gasteiger partial charge in [-0.05, 0) is 69.2 Å². The van der Waals surface area contributed by atoms with Crippen molar-refractivity contribution in [1.82, 2.24) is 9.97 Å². The number of esters is 1. The summed E-state index contributed by atoms with van der Waals surface area (Å²) in [6, 6.07) is 7.94. The Hall–Kier alpha value is -2.73. The monoisotopic (exact) mass is 387 g/mol. The molecule has 0 bridgehead atoms. The van der Waals surface area contributed by atoms with Crippen molar-refractivity contribution < 1.29 is 13.9 Å². The van der Waals surface area contributed by atoms with E-state index in [1.165, 1.54) is 18.2 Å². The van der Waals surface area contributed by atoms with E-state index < -0.39 is 11.8 Å². The molecule has 3 aromatic rings. The highest BCUT2D eigenvalue weighted by molar-refractivity contribution is 6.31. The molecule has 0 aliphatic rings. The van der Waals surface area contributed by atoms with Gasteiger partial charge in [-0.1, -0.05) is 11.6 Å². The molecular weight excluding hydrogens is 369 g/mol. The summed E-state index contributed by atoms with van der Waals surface area (Å²) in [5, 5.41) is 2.96. The summed E-state index contributed by atoms with van der Waals surface area (Å²) < 4.78 is 18.7. The average Bonchev–Trinajstić information content (AvgIpc) is 2.58. The van der Waals surface area contributed by atoms with Crippen LogP contribution in [0.1, 0.15) is 35.5 Å². The molecule has 0 aliphatic carbocycles. The van der Waals surface area contributed by atoms with Crippen LogP contribution in [0.3, 0.4) is 0 Å². The molecule has 0 aliphatic heterocycles. The first kappa shape index (κ1) is 19.0. The fourth-order valence-corrected chi connectivity index (χ4v) is 2.70. The SMILES string of the molecule is Cc1cc2nc(Nc3ccc(F)c(Cl)c3)c(C(=O)OC(C)C)nc2cc1C. The van der Waals surface area contributed by atoms with E-state index in [0.29, 0.717) is 16.7 Å². The molecule has 3 rings (SSSR count). The zero-order valence-corrected chi connectivity index (χ0v) is 16.2. The lowest BCUT2D eigenvalue weighted by molar-refractivity contribution is 0.0372. The summed E-state index contributed by atoms with van der Waals surface area (Å²) in [5.41, 5.74) is 3.87. The van der Waals surface area contributed by atoms with Crippen LogP contribution < -0.4 is 5.32 Å². The number of carbonyl (C=O) groups excluding carboxylic acids is 1. The van der Waals surface area contributed by atoms with Crippen molar-refractivity contribution in [3.8, 4) is 0 Å². The smallest absolute Gasteiger partial charge is 0.361 e. The summed E-state index contributed by atoms with van der Waals surface area (Å²) in [6.45, 7) is 7.46. The van der Waals surface area contributed by atoms with E-state index in [1.807, 2.05) is 26.0 Å². The first-order valence-corrected chi connectivity index (χ1v) is 8.84. The molecule has 0 atom stereocenters. The first-order valence-electron chi connectivity index (χ1n) is 8.46. The molecule has 2 aromatic carbocycles. The number of aromatic nitrogens is 2. The minimum Gasteiger partial charge on any atom is -0.458 e. The molecule has 0 saturated heterocycles. The molecule has 0 unspecified atom stereocenters. The molecule has 27 heavy (non-hydrogen) atoms. The Morgan fingerprint density at radius 3 is 2.33 bits per heavy atom. The van der Waals surface area contributed by atoms with Crippen molar-refractivity contribution in [3.63, 3.8) is 0 Å². The minimum absolute atomic E-state index is 0.0356. The van der Waals surface area contributed by atoms with Crippen molar-refractivity contribution in [2.45, 2.75) is 33.8 Å². The summed E-state index contributed by atoms with van der Waals surface area (Å²) in [7, 11) is 0. The number of ether oxygens (including phenoxy) is 1. The van der Waals surface area contributed by atoms with Gasteiger partial charge in [0, 0.05) is 5.69 Å². The van der Waals surface area contributed by atoms with Crippen LogP contribution in [0, 0.1) is 19.7 Å².